The summed E-state index contributed by atoms with van der Waals surface area (Å²) in [6.45, 7) is 0.390. The molecular weight excluding hydrogens is 369 g/mol. The lowest BCUT2D eigenvalue weighted by Gasteiger charge is -2.20. The van der Waals surface area contributed by atoms with E-state index in [9.17, 15) is 18.0 Å². The predicted molar refractivity (Wildman–Crippen MR) is 91.2 cm³/mol. The Morgan fingerprint density at radius 3 is 2.62 bits per heavy atom. The molecule has 3 rings (SSSR count). The van der Waals surface area contributed by atoms with Crippen LogP contribution in [0.4, 0.5) is 13.2 Å². The van der Waals surface area contributed by atoms with Crippen molar-refractivity contribution >= 4 is 17.5 Å². The van der Waals surface area contributed by atoms with Gasteiger partial charge in [0.25, 0.3) is 5.91 Å². The van der Waals surface area contributed by atoms with Crippen molar-refractivity contribution in [3.05, 3.63) is 46.7 Å². The fourth-order valence-electron chi connectivity index (χ4n) is 3.32. The molecule has 1 heterocycles. The molecule has 2 atom stereocenters. The Bertz CT molecular complexity index is 788. The maximum absolute atomic E-state index is 13.6. The summed E-state index contributed by atoms with van der Waals surface area (Å²) in [4.78, 5) is 12.5. The minimum absolute atomic E-state index is 0.0830. The molecule has 0 aliphatic heterocycles. The maximum atomic E-state index is 13.6. The van der Waals surface area contributed by atoms with Gasteiger partial charge in [0, 0.05) is 11.1 Å². The number of nitrogens with two attached hydrogens (primary N) is 1. The Morgan fingerprint density at radius 1 is 1.31 bits per heavy atom. The van der Waals surface area contributed by atoms with Crippen LogP contribution in [0.25, 0.3) is 5.69 Å². The lowest BCUT2D eigenvalue weighted by atomic mass is 10.0. The summed E-state index contributed by atoms with van der Waals surface area (Å²) in [5, 5.41) is 6.86. The molecule has 1 fully saturated rings. The number of hydrogen-bond donors (Lipinski definition) is 2. The van der Waals surface area contributed by atoms with E-state index < -0.39 is 23.3 Å². The summed E-state index contributed by atoms with van der Waals surface area (Å²) in [5.74, 6) is -0.706. The van der Waals surface area contributed by atoms with Gasteiger partial charge in [0.15, 0.2) is 5.69 Å². The lowest BCUT2D eigenvalue weighted by Crippen LogP contribution is -2.40. The molecule has 3 N–H and O–H groups in total. The minimum Gasteiger partial charge on any atom is -0.349 e. The van der Waals surface area contributed by atoms with Crippen LogP contribution in [0.3, 0.4) is 0 Å². The second-order valence-corrected chi connectivity index (χ2v) is 6.74. The molecule has 9 heteroatoms. The largest absolute Gasteiger partial charge is 0.434 e. The van der Waals surface area contributed by atoms with Crippen LogP contribution in [0, 0.1) is 5.92 Å². The number of nitrogens with one attached hydrogen (secondary N) is 1. The Kier molecular flexibility index (Phi) is 5.24. The molecule has 1 aliphatic rings. The van der Waals surface area contributed by atoms with Crippen molar-refractivity contribution in [3.63, 3.8) is 0 Å². The van der Waals surface area contributed by atoms with Gasteiger partial charge in [-0.25, -0.2) is 4.68 Å². The van der Waals surface area contributed by atoms with Crippen molar-refractivity contribution in [2.75, 3.05) is 6.54 Å². The smallest absolute Gasteiger partial charge is 0.349 e. The normalized spacial score (nSPS) is 20.3. The van der Waals surface area contributed by atoms with Crippen molar-refractivity contribution in [3.8, 4) is 5.69 Å². The van der Waals surface area contributed by atoms with E-state index in [1.165, 1.54) is 24.3 Å². The standard InChI is InChI=1S/C17H18ClF3N4O/c18-11-4-6-12(7-5-11)25-15(17(19,20)21)13(9-23-25)16(26)24-14-3-1-2-10(14)8-22/h4-7,9-10,14H,1-3,8,22H2,(H,24,26). The molecule has 26 heavy (non-hydrogen) atoms. The van der Waals surface area contributed by atoms with E-state index in [1.54, 1.807) is 0 Å². The monoisotopic (exact) mass is 386 g/mol. The number of alkyl halides is 3. The summed E-state index contributed by atoms with van der Waals surface area (Å²) in [7, 11) is 0. The molecule has 0 radical (unpaired) electrons. The fourth-order valence-corrected chi connectivity index (χ4v) is 3.45. The maximum Gasteiger partial charge on any atom is 0.434 e. The number of carbonyl (C=O) groups is 1. The molecule has 0 saturated heterocycles. The van der Waals surface area contributed by atoms with E-state index in [-0.39, 0.29) is 17.6 Å². The van der Waals surface area contributed by atoms with E-state index in [4.69, 9.17) is 17.3 Å². The molecule has 0 spiro atoms. The third kappa shape index (κ3) is 3.71. The van der Waals surface area contributed by atoms with Gasteiger partial charge in [-0.1, -0.05) is 18.0 Å². The van der Waals surface area contributed by atoms with Crippen LogP contribution in [-0.2, 0) is 6.18 Å². The molecule has 0 bridgehead atoms. The quantitative estimate of drug-likeness (QED) is 0.845. The van der Waals surface area contributed by atoms with Gasteiger partial charge in [-0.2, -0.15) is 18.3 Å². The topological polar surface area (TPSA) is 72.9 Å². The van der Waals surface area contributed by atoms with E-state index in [0.29, 0.717) is 22.7 Å². The summed E-state index contributed by atoms with van der Waals surface area (Å²) in [6, 6.07) is 5.53. The molecule has 140 valence electrons. The number of carbonyl (C=O) groups excluding carboxylic acids is 1. The zero-order valence-corrected chi connectivity index (χ0v) is 14.5. The Hall–Kier alpha value is -2.06. The second-order valence-electron chi connectivity index (χ2n) is 6.30. The first-order chi connectivity index (χ1) is 12.3. The molecule has 1 aromatic heterocycles. The van der Waals surface area contributed by atoms with Crippen LogP contribution in [0.2, 0.25) is 5.02 Å². The van der Waals surface area contributed by atoms with Crippen LogP contribution >= 0.6 is 11.6 Å². The van der Waals surface area contributed by atoms with Crippen molar-refractivity contribution in [2.24, 2.45) is 11.7 Å². The number of nitrogens with zero attached hydrogens (tertiary/aromatic N) is 2. The number of benzene rings is 1. The zero-order valence-electron chi connectivity index (χ0n) is 13.8. The van der Waals surface area contributed by atoms with Crippen molar-refractivity contribution < 1.29 is 18.0 Å². The summed E-state index contributed by atoms with van der Waals surface area (Å²) in [5.41, 5.74) is 4.22. The third-order valence-corrected chi connectivity index (χ3v) is 4.88. The first kappa shape index (κ1) is 18.7. The highest BCUT2D eigenvalue weighted by atomic mass is 35.5. The predicted octanol–water partition coefficient (Wildman–Crippen LogP) is 3.40. The number of halogens is 4. The fraction of sp³-hybridized carbons (Fsp3) is 0.412. The molecule has 1 aliphatic carbocycles. The Labute approximate surface area is 153 Å². The van der Waals surface area contributed by atoms with Gasteiger partial charge in [-0.05, 0) is 49.6 Å². The van der Waals surface area contributed by atoms with Crippen LogP contribution in [0.15, 0.2) is 30.5 Å². The minimum atomic E-state index is -4.74. The SMILES string of the molecule is NCC1CCCC1NC(=O)c1cnn(-c2ccc(Cl)cc2)c1C(F)(F)F. The first-order valence-corrected chi connectivity index (χ1v) is 8.61. The Balaban J connectivity index is 1.94. The van der Waals surface area contributed by atoms with Gasteiger partial charge in [-0.15, -0.1) is 0 Å². The first-order valence-electron chi connectivity index (χ1n) is 8.23. The van der Waals surface area contributed by atoms with E-state index in [1.807, 2.05) is 0 Å². The highest BCUT2D eigenvalue weighted by molar-refractivity contribution is 6.30. The van der Waals surface area contributed by atoms with Gasteiger partial charge >= 0.3 is 6.18 Å². The average molecular weight is 387 g/mol. The number of aromatic nitrogens is 2. The van der Waals surface area contributed by atoms with Gasteiger partial charge in [0.05, 0.1) is 17.4 Å². The van der Waals surface area contributed by atoms with Gasteiger partial charge in [0.2, 0.25) is 0 Å². The third-order valence-electron chi connectivity index (χ3n) is 4.63. The van der Waals surface area contributed by atoms with Gasteiger partial charge in [-0.3, -0.25) is 4.79 Å². The van der Waals surface area contributed by atoms with Crippen LogP contribution in [0.1, 0.15) is 35.3 Å². The molecule has 2 aromatic rings. The Morgan fingerprint density at radius 2 is 2.00 bits per heavy atom. The molecule has 2 unspecified atom stereocenters. The zero-order chi connectivity index (χ0) is 18.9. The van der Waals surface area contributed by atoms with Gasteiger partial charge < -0.3 is 11.1 Å². The number of rotatable bonds is 4. The highest BCUT2D eigenvalue weighted by Crippen LogP contribution is 2.34. The van der Waals surface area contributed by atoms with E-state index in [0.717, 1.165) is 19.0 Å². The van der Waals surface area contributed by atoms with Crippen molar-refractivity contribution in [2.45, 2.75) is 31.5 Å². The highest BCUT2D eigenvalue weighted by Gasteiger charge is 2.41. The van der Waals surface area contributed by atoms with Crippen LogP contribution in [-0.4, -0.2) is 28.3 Å². The number of amides is 1. The molecular formula is C17H18ClF3N4O. The van der Waals surface area contributed by atoms with Gasteiger partial charge in [0.1, 0.15) is 0 Å². The van der Waals surface area contributed by atoms with Crippen LogP contribution in [0.5, 0.6) is 0 Å². The molecule has 1 amide bonds. The van der Waals surface area contributed by atoms with Crippen molar-refractivity contribution in [1.82, 2.24) is 15.1 Å². The lowest BCUT2D eigenvalue weighted by molar-refractivity contribution is -0.143. The number of hydrogen-bond acceptors (Lipinski definition) is 3. The molecule has 1 saturated carbocycles. The summed E-state index contributed by atoms with van der Waals surface area (Å²) < 4.78 is 41.6. The van der Waals surface area contributed by atoms with Crippen molar-refractivity contribution in [1.29, 1.82) is 0 Å². The summed E-state index contributed by atoms with van der Waals surface area (Å²) in [6.07, 6.45) is -1.34. The molecule has 1 aromatic carbocycles. The van der Waals surface area contributed by atoms with Crippen LogP contribution < -0.4 is 11.1 Å². The average Bonchev–Trinajstić information content (AvgIpc) is 3.21. The van der Waals surface area contributed by atoms with E-state index in [2.05, 4.69) is 10.4 Å². The summed E-state index contributed by atoms with van der Waals surface area (Å²) >= 11 is 5.78. The van der Waals surface area contributed by atoms with E-state index >= 15 is 0 Å². The molecule has 5 nitrogen and oxygen atoms in total. The second kappa shape index (κ2) is 7.28.